The van der Waals surface area contributed by atoms with E-state index in [0.29, 0.717) is 16.7 Å². The van der Waals surface area contributed by atoms with E-state index in [4.69, 9.17) is 4.74 Å². The van der Waals surface area contributed by atoms with Crippen LogP contribution < -0.4 is 10.1 Å². The molecule has 9 heteroatoms. The van der Waals surface area contributed by atoms with Gasteiger partial charge in [0, 0.05) is 0 Å². The second-order valence-electron chi connectivity index (χ2n) is 5.29. The highest BCUT2D eigenvalue weighted by Crippen LogP contribution is 2.42. The van der Waals surface area contributed by atoms with Crippen molar-refractivity contribution in [2.24, 2.45) is 0 Å². The van der Waals surface area contributed by atoms with Crippen LogP contribution in [0.25, 0.3) is 0 Å². The molecule has 0 aliphatic carbocycles. The van der Waals surface area contributed by atoms with Crippen LogP contribution in [0.15, 0.2) is 12.1 Å². The minimum atomic E-state index is -5.74. The van der Waals surface area contributed by atoms with Crippen molar-refractivity contribution >= 4 is 6.09 Å². The molecule has 0 bridgehead atoms. The van der Waals surface area contributed by atoms with Crippen LogP contribution in [0.1, 0.15) is 23.6 Å². The molecule has 0 saturated carbocycles. The topological polar surface area (TPSA) is 38.3 Å². The first-order valence-corrected chi connectivity index (χ1v) is 6.41. The Balaban J connectivity index is 3.11. The number of benzene rings is 1. The largest absolute Gasteiger partial charge is 0.420 e. The highest BCUT2D eigenvalue weighted by atomic mass is 19.4. The van der Waals surface area contributed by atoms with Crippen LogP contribution in [-0.4, -0.2) is 24.0 Å². The second kappa shape index (κ2) is 5.93. The average Bonchev–Trinajstić information content (AvgIpc) is 2.36. The summed E-state index contributed by atoms with van der Waals surface area (Å²) < 4.78 is 81.1. The van der Waals surface area contributed by atoms with Gasteiger partial charge in [0.1, 0.15) is 5.75 Å². The second-order valence-corrected chi connectivity index (χ2v) is 5.29. The number of amides is 1. The Kier molecular flexibility index (Phi) is 4.93. The van der Waals surface area contributed by atoms with Gasteiger partial charge in [-0.25, -0.2) is 4.79 Å². The van der Waals surface area contributed by atoms with Crippen LogP contribution in [0.2, 0.25) is 0 Å². The molecule has 130 valence electrons. The van der Waals surface area contributed by atoms with Crippen molar-refractivity contribution in [3.05, 3.63) is 28.8 Å². The van der Waals surface area contributed by atoms with Gasteiger partial charge in [-0.2, -0.15) is 26.3 Å². The van der Waals surface area contributed by atoms with E-state index in [9.17, 15) is 31.1 Å². The van der Waals surface area contributed by atoms with Gasteiger partial charge >= 0.3 is 18.4 Å². The summed E-state index contributed by atoms with van der Waals surface area (Å²) in [4.78, 5) is 11.6. The number of rotatable bonds is 2. The van der Waals surface area contributed by atoms with E-state index in [0.717, 1.165) is 5.32 Å². The maximum Gasteiger partial charge on any atom is 0.420 e. The number of aryl methyl sites for hydroxylation is 2. The molecule has 0 radical (unpaired) electrons. The molecular formula is C14H15F6NO2. The van der Waals surface area contributed by atoms with Crippen molar-refractivity contribution in [1.82, 2.24) is 5.32 Å². The highest BCUT2D eigenvalue weighted by molar-refractivity contribution is 5.73. The van der Waals surface area contributed by atoms with Crippen LogP contribution in [0.5, 0.6) is 5.75 Å². The third-order valence-electron chi connectivity index (χ3n) is 3.55. The van der Waals surface area contributed by atoms with Crippen LogP contribution >= 0.6 is 0 Å². The molecule has 0 aliphatic rings. The van der Waals surface area contributed by atoms with Gasteiger partial charge in [-0.15, -0.1) is 0 Å². The molecule has 0 fully saturated rings. The van der Waals surface area contributed by atoms with Crippen molar-refractivity contribution in [1.29, 1.82) is 0 Å². The van der Waals surface area contributed by atoms with Gasteiger partial charge in [0.2, 0.25) is 5.54 Å². The summed E-state index contributed by atoms with van der Waals surface area (Å²) in [6.07, 6.45) is -13.3. The molecule has 1 aromatic rings. The Morgan fingerprint density at radius 1 is 0.957 bits per heavy atom. The maximum absolute atomic E-state index is 12.7. The van der Waals surface area contributed by atoms with Crippen molar-refractivity contribution in [2.75, 3.05) is 0 Å². The van der Waals surface area contributed by atoms with Crippen LogP contribution in [0, 0.1) is 20.8 Å². The molecule has 1 aromatic carbocycles. The molecule has 0 saturated heterocycles. The van der Waals surface area contributed by atoms with Crippen molar-refractivity contribution in [2.45, 2.75) is 45.6 Å². The number of carbonyl (C=O) groups is 1. The summed E-state index contributed by atoms with van der Waals surface area (Å²) in [6.45, 7) is 4.55. The molecule has 1 amide bonds. The number of hydrogen-bond acceptors (Lipinski definition) is 2. The summed E-state index contributed by atoms with van der Waals surface area (Å²) in [7, 11) is 0. The third-order valence-corrected chi connectivity index (χ3v) is 3.55. The fraction of sp³-hybridized carbons (Fsp3) is 0.500. The fourth-order valence-corrected chi connectivity index (χ4v) is 1.71. The van der Waals surface area contributed by atoms with Crippen molar-refractivity contribution in [3.8, 4) is 5.75 Å². The Bertz CT molecular complexity index is 593. The quantitative estimate of drug-likeness (QED) is 0.798. The Morgan fingerprint density at radius 3 is 1.83 bits per heavy atom. The van der Waals surface area contributed by atoms with Gasteiger partial charge in [0.15, 0.2) is 0 Å². The Morgan fingerprint density at radius 2 is 1.39 bits per heavy atom. The summed E-state index contributed by atoms with van der Waals surface area (Å²) in [5.74, 6) is -0.0748. The molecule has 1 N–H and O–H groups in total. The van der Waals surface area contributed by atoms with Gasteiger partial charge in [0.05, 0.1) is 0 Å². The van der Waals surface area contributed by atoms with E-state index in [1.807, 2.05) is 0 Å². The number of carbonyl (C=O) groups excluding carboxylic acids is 1. The molecule has 3 nitrogen and oxygen atoms in total. The minimum Gasteiger partial charge on any atom is -0.410 e. The SMILES string of the molecule is Cc1ccc(C)c(OC(=O)NC(C)(C(F)(F)F)C(F)(F)F)c1C. The van der Waals surface area contributed by atoms with Crippen LogP contribution in [0.4, 0.5) is 31.1 Å². The maximum atomic E-state index is 12.7. The standard InChI is InChI=1S/C14H15F6NO2/c1-7-5-6-8(2)10(9(7)3)23-11(22)21-12(4,13(15,16)17)14(18,19)20/h5-6H,1-4H3,(H,21,22). The van der Waals surface area contributed by atoms with E-state index in [1.54, 1.807) is 13.0 Å². The lowest BCUT2D eigenvalue weighted by molar-refractivity contribution is -0.298. The van der Waals surface area contributed by atoms with Gasteiger partial charge in [-0.1, -0.05) is 12.1 Å². The van der Waals surface area contributed by atoms with Crippen molar-refractivity contribution in [3.63, 3.8) is 0 Å². The highest BCUT2D eigenvalue weighted by Gasteiger charge is 2.69. The predicted octanol–water partition coefficient (Wildman–Crippen LogP) is 4.58. The summed E-state index contributed by atoms with van der Waals surface area (Å²) in [6, 6.07) is 3.22. The molecule has 1 rings (SSSR count). The Hall–Kier alpha value is -1.93. The van der Waals surface area contributed by atoms with E-state index >= 15 is 0 Å². The first kappa shape index (κ1) is 19.1. The molecular weight excluding hydrogens is 328 g/mol. The zero-order chi connectivity index (χ0) is 18.2. The van der Waals surface area contributed by atoms with Gasteiger partial charge in [-0.3, -0.25) is 5.32 Å². The monoisotopic (exact) mass is 343 g/mol. The first-order chi connectivity index (χ1) is 10.2. The molecule has 0 aliphatic heterocycles. The summed E-state index contributed by atoms with van der Waals surface area (Å²) in [5, 5.41) is 0.885. The van der Waals surface area contributed by atoms with Crippen LogP contribution in [-0.2, 0) is 0 Å². The number of halogens is 6. The lowest BCUT2D eigenvalue weighted by Crippen LogP contribution is -2.66. The molecule has 0 spiro atoms. The van der Waals surface area contributed by atoms with Crippen LogP contribution in [0.3, 0.4) is 0 Å². The fourth-order valence-electron chi connectivity index (χ4n) is 1.71. The van der Waals surface area contributed by atoms with E-state index in [1.165, 1.54) is 19.9 Å². The average molecular weight is 343 g/mol. The third kappa shape index (κ3) is 3.70. The normalized spacial score (nSPS) is 13.0. The lowest BCUT2D eigenvalue weighted by Gasteiger charge is -2.34. The minimum absolute atomic E-state index is 0.0748. The Labute approximate surface area is 128 Å². The number of nitrogens with one attached hydrogen (secondary N) is 1. The zero-order valence-electron chi connectivity index (χ0n) is 12.7. The smallest absolute Gasteiger partial charge is 0.410 e. The summed E-state index contributed by atoms with van der Waals surface area (Å²) in [5.41, 5.74) is -2.89. The summed E-state index contributed by atoms with van der Waals surface area (Å²) >= 11 is 0. The van der Waals surface area contributed by atoms with Gasteiger partial charge < -0.3 is 4.74 Å². The van der Waals surface area contributed by atoms with E-state index in [-0.39, 0.29) is 12.7 Å². The molecule has 23 heavy (non-hydrogen) atoms. The molecule has 0 unspecified atom stereocenters. The van der Waals surface area contributed by atoms with E-state index in [2.05, 4.69) is 0 Å². The van der Waals surface area contributed by atoms with Gasteiger partial charge in [-0.05, 0) is 44.4 Å². The van der Waals surface area contributed by atoms with E-state index < -0.39 is 24.0 Å². The zero-order valence-corrected chi connectivity index (χ0v) is 12.7. The molecule has 0 atom stereocenters. The lowest BCUT2D eigenvalue weighted by atomic mass is 10.0. The van der Waals surface area contributed by atoms with Gasteiger partial charge in [0.25, 0.3) is 0 Å². The number of alkyl halides is 6. The number of hydrogen-bond donors (Lipinski definition) is 1. The first-order valence-electron chi connectivity index (χ1n) is 6.41. The predicted molar refractivity (Wildman–Crippen MR) is 70.3 cm³/mol. The number of ether oxygens (including phenoxy) is 1. The van der Waals surface area contributed by atoms with Crippen molar-refractivity contribution < 1.29 is 35.9 Å². The molecule has 0 heterocycles. The molecule has 0 aromatic heterocycles.